The van der Waals surface area contributed by atoms with Crippen LogP contribution in [0.1, 0.15) is 10.4 Å². The number of rotatable bonds is 6. The third kappa shape index (κ3) is 3.89. The first-order chi connectivity index (χ1) is 13.7. The number of hydrogen-bond donors (Lipinski definition) is 0. The van der Waals surface area contributed by atoms with Gasteiger partial charge in [0.15, 0.2) is 5.78 Å². The number of ether oxygens (including phenoxy) is 1. The number of benzene rings is 3. The van der Waals surface area contributed by atoms with Crippen molar-refractivity contribution in [2.45, 2.75) is 5.03 Å². The van der Waals surface area contributed by atoms with E-state index in [1.165, 1.54) is 11.8 Å². The number of aromatic nitrogens is 2. The minimum atomic E-state index is 0.0432. The molecule has 0 N–H and O–H groups in total. The molecule has 0 saturated heterocycles. The molecule has 0 aliphatic rings. The zero-order chi connectivity index (χ0) is 19.3. The monoisotopic (exact) mass is 386 g/mol. The van der Waals surface area contributed by atoms with Crippen molar-refractivity contribution in [2.24, 2.45) is 0 Å². The van der Waals surface area contributed by atoms with Crippen molar-refractivity contribution in [3.05, 3.63) is 84.4 Å². The van der Waals surface area contributed by atoms with E-state index >= 15 is 0 Å². The van der Waals surface area contributed by atoms with Gasteiger partial charge < -0.3 is 4.74 Å². The maximum atomic E-state index is 12.6. The second-order valence-corrected chi connectivity index (χ2v) is 7.14. The molecule has 4 aromatic rings. The van der Waals surface area contributed by atoms with E-state index in [0.29, 0.717) is 11.3 Å². The Bertz CT molecular complexity index is 1110. The number of hydrogen-bond acceptors (Lipinski definition) is 5. The summed E-state index contributed by atoms with van der Waals surface area (Å²) in [6.45, 7) is 0. The zero-order valence-electron chi connectivity index (χ0n) is 15.3. The lowest BCUT2D eigenvalue weighted by molar-refractivity contribution is 0.102. The maximum Gasteiger partial charge on any atom is 0.173 e. The Balaban J connectivity index is 1.64. The maximum absolute atomic E-state index is 12.6. The largest absolute Gasteiger partial charge is 0.497 e. The van der Waals surface area contributed by atoms with E-state index in [1.54, 1.807) is 31.4 Å². The molecular weight excluding hydrogens is 368 g/mol. The lowest BCUT2D eigenvalue weighted by Gasteiger charge is -2.10. The van der Waals surface area contributed by atoms with Gasteiger partial charge in [0, 0.05) is 11.1 Å². The number of Topliss-reactive ketones (excluding diaryl/α,β-unsaturated/α-hetero) is 1. The van der Waals surface area contributed by atoms with Gasteiger partial charge in [-0.3, -0.25) is 4.79 Å². The van der Waals surface area contributed by atoms with Crippen molar-refractivity contribution in [3.8, 4) is 17.0 Å². The van der Waals surface area contributed by atoms with Crippen LogP contribution in [0.15, 0.2) is 83.9 Å². The van der Waals surface area contributed by atoms with Crippen LogP contribution < -0.4 is 4.74 Å². The third-order valence-electron chi connectivity index (χ3n) is 4.34. The SMILES string of the molecule is COc1ccc(C(=O)CSc2nc3ccccc3nc2-c2ccccc2)cc1. The second-order valence-electron chi connectivity index (χ2n) is 6.17. The molecule has 0 aliphatic carbocycles. The molecule has 138 valence electrons. The molecule has 1 aromatic heterocycles. The fraction of sp³-hybridized carbons (Fsp3) is 0.0870. The first kappa shape index (κ1) is 18.2. The first-order valence-corrected chi connectivity index (χ1v) is 9.85. The van der Waals surface area contributed by atoms with Crippen molar-refractivity contribution >= 4 is 28.6 Å². The number of para-hydroxylation sites is 2. The summed E-state index contributed by atoms with van der Waals surface area (Å²) in [5.74, 6) is 1.07. The van der Waals surface area contributed by atoms with Gasteiger partial charge in [-0.15, -0.1) is 0 Å². The summed E-state index contributed by atoms with van der Waals surface area (Å²) in [6.07, 6.45) is 0. The van der Waals surface area contributed by atoms with Crippen LogP contribution in [-0.4, -0.2) is 28.6 Å². The number of methoxy groups -OCH3 is 1. The van der Waals surface area contributed by atoms with Crippen molar-refractivity contribution in [3.63, 3.8) is 0 Å². The van der Waals surface area contributed by atoms with Crippen LogP contribution in [0.2, 0.25) is 0 Å². The van der Waals surface area contributed by atoms with Crippen LogP contribution >= 0.6 is 11.8 Å². The number of carbonyl (C=O) groups is 1. The van der Waals surface area contributed by atoms with Gasteiger partial charge in [0.25, 0.3) is 0 Å². The van der Waals surface area contributed by atoms with Crippen molar-refractivity contribution in [2.75, 3.05) is 12.9 Å². The van der Waals surface area contributed by atoms with Crippen molar-refractivity contribution in [1.29, 1.82) is 0 Å². The van der Waals surface area contributed by atoms with Gasteiger partial charge in [-0.05, 0) is 36.4 Å². The average molecular weight is 386 g/mol. The highest BCUT2D eigenvalue weighted by Crippen LogP contribution is 2.30. The summed E-state index contributed by atoms with van der Waals surface area (Å²) in [5.41, 5.74) is 4.10. The van der Waals surface area contributed by atoms with E-state index < -0.39 is 0 Å². The molecule has 0 amide bonds. The topological polar surface area (TPSA) is 52.1 Å². The van der Waals surface area contributed by atoms with Gasteiger partial charge in [-0.2, -0.15) is 0 Å². The molecule has 0 aliphatic heterocycles. The van der Waals surface area contributed by atoms with E-state index in [1.807, 2.05) is 54.6 Å². The van der Waals surface area contributed by atoms with Crippen LogP contribution in [0, 0.1) is 0 Å². The normalized spacial score (nSPS) is 10.8. The molecule has 0 spiro atoms. The van der Waals surface area contributed by atoms with Gasteiger partial charge >= 0.3 is 0 Å². The molecule has 1 heterocycles. The Labute approximate surface area is 167 Å². The summed E-state index contributed by atoms with van der Waals surface area (Å²) in [7, 11) is 1.61. The van der Waals surface area contributed by atoms with Crippen molar-refractivity contribution in [1.82, 2.24) is 9.97 Å². The van der Waals surface area contributed by atoms with Crippen LogP contribution in [0.5, 0.6) is 5.75 Å². The fourth-order valence-corrected chi connectivity index (χ4v) is 3.76. The highest BCUT2D eigenvalue weighted by Gasteiger charge is 2.14. The quantitative estimate of drug-likeness (QED) is 0.333. The summed E-state index contributed by atoms with van der Waals surface area (Å²) >= 11 is 1.42. The summed E-state index contributed by atoms with van der Waals surface area (Å²) in [5, 5.41) is 0.756. The number of ketones is 1. The Morgan fingerprint density at radius 1 is 0.857 bits per heavy atom. The van der Waals surface area contributed by atoms with Gasteiger partial charge in [0.05, 0.1) is 23.9 Å². The number of nitrogens with zero attached hydrogens (tertiary/aromatic N) is 2. The van der Waals surface area contributed by atoms with E-state index in [2.05, 4.69) is 0 Å². The smallest absolute Gasteiger partial charge is 0.173 e. The molecule has 0 unspecified atom stereocenters. The number of fused-ring (bicyclic) bond motifs is 1. The summed E-state index contributed by atoms with van der Waals surface area (Å²) in [4.78, 5) is 22.2. The van der Waals surface area contributed by atoms with Crippen LogP contribution in [0.25, 0.3) is 22.3 Å². The summed E-state index contributed by atoms with van der Waals surface area (Å²) < 4.78 is 5.15. The first-order valence-electron chi connectivity index (χ1n) is 8.87. The number of carbonyl (C=O) groups excluding carboxylic acids is 1. The molecule has 4 nitrogen and oxygen atoms in total. The fourth-order valence-electron chi connectivity index (χ4n) is 2.86. The highest BCUT2D eigenvalue weighted by atomic mass is 32.2. The molecule has 4 rings (SSSR count). The van der Waals surface area contributed by atoms with Gasteiger partial charge in [0.2, 0.25) is 0 Å². The second kappa shape index (κ2) is 8.23. The highest BCUT2D eigenvalue weighted by molar-refractivity contribution is 8.00. The van der Waals surface area contributed by atoms with Crippen LogP contribution in [0.4, 0.5) is 0 Å². The predicted octanol–water partition coefficient (Wildman–Crippen LogP) is 5.28. The molecule has 28 heavy (non-hydrogen) atoms. The Kier molecular flexibility index (Phi) is 5.35. The van der Waals surface area contributed by atoms with Gasteiger partial charge in [-0.25, -0.2) is 9.97 Å². The lowest BCUT2D eigenvalue weighted by Crippen LogP contribution is -2.03. The molecule has 0 bridgehead atoms. The van der Waals surface area contributed by atoms with Gasteiger partial charge in [-0.1, -0.05) is 54.2 Å². The molecule has 0 radical (unpaired) electrons. The lowest BCUT2D eigenvalue weighted by atomic mass is 10.1. The molecule has 5 heteroatoms. The molecular formula is C23H18N2O2S. The van der Waals surface area contributed by atoms with E-state index in [0.717, 1.165) is 33.1 Å². The Morgan fingerprint density at radius 3 is 2.18 bits per heavy atom. The predicted molar refractivity (Wildman–Crippen MR) is 113 cm³/mol. The number of thioether (sulfide) groups is 1. The standard InChI is InChI=1S/C23H18N2O2S/c1-27-18-13-11-16(12-14-18)21(26)15-28-23-22(17-7-3-2-4-8-17)24-19-9-5-6-10-20(19)25-23/h2-14H,15H2,1H3. The summed E-state index contributed by atoms with van der Waals surface area (Å²) in [6, 6.07) is 24.9. The Hall–Kier alpha value is -3.18. The third-order valence-corrected chi connectivity index (χ3v) is 5.30. The molecule has 0 saturated carbocycles. The minimum absolute atomic E-state index is 0.0432. The van der Waals surface area contributed by atoms with Crippen LogP contribution in [-0.2, 0) is 0 Å². The molecule has 3 aromatic carbocycles. The van der Waals surface area contributed by atoms with E-state index in [4.69, 9.17) is 14.7 Å². The molecule has 0 atom stereocenters. The molecule has 0 fully saturated rings. The van der Waals surface area contributed by atoms with E-state index in [9.17, 15) is 4.79 Å². The van der Waals surface area contributed by atoms with Gasteiger partial charge in [0.1, 0.15) is 16.5 Å². The zero-order valence-corrected chi connectivity index (χ0v) is 16.1. The minimum Gasteiger partial charge on any atom is -0.497 e. The van der Waals surface area contributed by atoms with E-state index in [-0.39, 0.29) is 5.78 Å². The Morgan fingerprint density at radius 2 is 1.50 bits per heavy atom. The van der Waals surface area contributed by atoms with Crippen molar-refractivity contribution < 1.29 is 9.53 Å². The van der Waals surface area contributed by atoms with Crippen LogP contribution in [0.3, 0.4) is 0 Å². The average Bonchev–Trinajstić information content (AvgIpc) is 2.77.